The van der Waals surface area contributed by atoms with Crippen molar-refractivity contribution in [2.24, 2.45) is 13.0 Å². The van der Waals surface area contributed by atoms with Crippen LogP contribution >= 0.6 is 0 Å². The van der Waals surface area contributed by atoms with Gasteiger partial charge in [0.2, 0.25) is 0 Å². The SMILES string of the molecule is CCCNC(c1cn(C)cn1)C(C)CCOC. The zero-order chi connectivity index (χ0) is 12.7. The quantitative estimate of drug-likeness (QED) is 0.755. The molecule has 0 saturated carbocycles. The first-order chi connectivity index (χ1) is 8.19. The molecule has 0 aliphatic carbocycles. The minimum Gasteiger partial charge on any atom is -0.385 e. The lowest BCUT2D eigenvalue weighted by atomic mass is 9.96. The Kier molecular flexibility index (Phi) is 6.22. The molecule has 1 N–H and O–H groups in total. The van der Waals surface area contributed by atoms with Gasteiger partial charge < -0.3 is 14.6 Å². The second kappa shape index (κ2) is 7.45. The number of nitrogens with zero attached hydrogens (tertiary/aromatic N) is 2. The summed E-state index contributed by atoms with van der Waals surface area (Å²) < 4.78 is 7.15. The number of hydrogen-bond donors (Lipinski definition) is 1. The van der Waals surface area contributed by atoms with Crippen LogP contribution in [0.3, 0.4) is 0 Å². The van der Waals surface area contributed by atoms with Crippen molar-refractivity contribution in [3.05, 3.63) is 18.2 Å². The van der Waals surface area contributed by atoms with E-state index in [1.165, 1.54) is 0 Å². The molecule has 98 valence electrons. The van der Waals surface area contributed by atoms with Gasteiger partial charge in [-0.1, -0.05) is 13.8 Å². The fourth-order valence-corrected chi connectivity index (χ4v) is 1.96. The van der Waals surface area contributed by atoms with Gasteiger partial charge in [-0.3, -0.25) is 0 Å². The minimum atomic E-state index is 0.325. The van der Waals surface area contributed by atoms with Gasteiger partial charge in [0.25, 0.3) is 0 Å². The predicted octanol–water partition coefficient (Wildman–Crippen LogP) is 2.13. The Labute approximate surface area is 104 Å². The Morgan fingerprint density at radius 1 is 1.53 bits per heavy atom. The van der Waals surface area contributed by atoms with E-state index in [1.54, 1.807) is 7.11 Å². The second-order valence-electron chi connectivity index (χ2n) is 4.65. The topological polar surface area (TPSA) is 39.1 Å². The van der Waals surface area contributed by atoms with Gasteiger partial charge in [-0.2, -0.15) is 0 Å². The molecule has 4 nitrogen and oxygen atoms in total. The second-order valence-corrected chi connectivity index (χ2v) is 4.65. The van der Waals surface area contributed by atoms with Crippen molar-refractivity contribution < 1.29 is 4.74 Å². The number of imidazole rings is 1. The number of aryl methyl sites for hydroxylation is 1. The molecule has 0 spiro atoms. The van der Waals surface area contributed by atoms with Crippen molar-refractivity contribution in [1.82, 2.24) is 14.9 Å². The maximum absolute atomic E-state index is 5.15. The zero-order valence-electron chi connectivity index (χ0n) is 11.4. The lowest BCUT2D eigenvalue weighted by Gasteiger charge is -2.23. The van der Waals surface area contributed by atoms with Gasteiger partial charge >= 0.3 is 0 Å². The summed E-state index contributed by atoms with van der Waals surface area (Å²) in [5.74, 6) is 0.524. The summed E-state index contributed by atoms with van der Waals surface area (Å²) in [4.78, 5) is 4.46. The summed E-state index contributed by atoms with van der Waals surface area (Å²) in [6.45, 7) is 6.26. The number of nitrogens with one attached hydrogen (secondary N) is 1. The van der Waals surface area contributed by atoms with Crippen molar-refractivity contribution in [2.75, 3.05) is 20.3 Å². The average molecular weight is 239 g/mol. The molecule has 0 aliphatic heterocycles. The van der Waals surface area contributed by atoms with E-state index in [9.17, 15) is 0 Å². The van der Waals surface area contributed by atoms with Crippen LogP contribution in [0.5, 0.6) is 0 Å². The van der Waals surface area contributed by atoms with Crippen LogP contribution in [0.2, 0.25) is 0 Å². The van der Waals surface area contributed by atoms with Crippen molar-refractivity contribution in [3.63, 3.8) is 0 Å². The van der Waals surface area contributed by atoms with E-state index in [-0.39, 0.29) is 0 Å². The van der Waals surface area contributed by atoms with Crippen LogP contribution in [0, 0.1) is 5.92 Å². The molecule has 17 heavy (non-hydrogen) atoms. The van der Waals surface area contributed by atoms with Crippen LogP contribution in [-0.2, 0) is 11.8 Å². The van der Waals surface area contributed by atoms with Crippen LogP contribution in [0.1, 0.15) is 38.4 Å². The van der Waals surface area contributed by atoms with Gasteiger partial charge in [-0.15, -0.1) is 0 Å². The van der Waals surface area contributed by atoms with Gasteiger partial charge in [-0.05, 0) is 25.3 Å². The molecule has 0 amide bonds. The van der Waals surface area contributed by atoms with E-state index in [2.05, 4.69) is 30.3 Å². The summed E-state index contributed by atoms with van der Waals surface area (Å²) in [6, 6.07) is 0.325. The number of aromatic nitrogens is 2. The molecule has 1 aromatic rings. The summed E-state index contributed by atoms with van der Waals surface area (Å²) in [5, 5.41) is 3.58. The fraction of sp³-hybridized carbons (Fsp3) is 0.769. The standard InChI is InChI=1S/C13H25N3O/c1-5-7-14-13(11(2)6-8-17-4)12-9-16(3)10-15-12/h9-11,13-14H,5-8H2,1-4H3. The van der Waals surface area contributed by atoms with Crippen LogP contribution in [-0.4, -0.2) is 29.8 Å². The van der Waals surface area contributed by atoms with E-state index < -0.39 is 0 Å². The molecule has 0 aromatic carbocycles. The molecule has 0 bridgehead atoms. The van der Waals surface area contributed by atoms with Crippen molar-refractivity contribution in [2.45, 2.75) is 32.7 Å². The molecule has 4 heteroatoms. The number of ether oxygens (including phenoxy) is 1. The molecular formula is C13H25N3O. The molecule has 0 fully saturated rings. The highest BCUT2D eigenvalue weighted by atomic mass is 16.5. The van der Waals surface area contributed by atoms with Crippen LogP contribution in [0.4, 0.5) is 0 Å². The largest absolute Gasteiger partial charge is 0.385 e. The summed E-state index contributed by atoms with van der Waals surface area (Å²) >= 11 is 0. The van der Waals surface area contributed by atoms with E-state index >= 15 is 0 Å². The Morgan fingerprint density at radius 3 is 2.82 bits per heavy atom. The van der Waals surface area contributed by atoms with Crippen LogP contribution < -0.4 is 5.32 Å². The third kappa shape index (κ3) is 4.48. The van der Waals surface area contributed by atoms with E-state index in [0.717, 1.165) is 31.7 Å². The maximum atomic E-state index is 5.15. The van der Waals surface area contributed by atoms with Gasteiger partial charge in [-0.25, -0.2) is 4.98 Å². The monoisotopic (exact) mass is 239 g/mol. The maximum Gasteiger partial charge on any atom is 0.0947 e. The van der Waals surface area contributed by atoms with Gasteiger partial charge in [0, 0.05) is 27.0 Å². The number of hydrogen-bond acceptors (Lipinski definition) is 3. The van der Waals surface area contributed by atoms with Crippen LogP contribution in [0.25, 0.3) is 0 Å². The number of rotatable bonds is 8. The lowest BCUT2D eigenvalue weighted by molar-refractivity contribution is 0.169. The number of methoxy groups -OCH3 is 1. The molecule has 0 radical (unpaired) electrons. The van der Waals surface area contributed by atoms with E-state index in [1.807, 2.05) is 17.9 Å². The van der Waals surface area contributed by atoms with E-state index in [0.29, 0.717) is 12.0 Å². The Hall–Kier alpha value is -0.870. The summed E-state index contributed by atoms with van der Waals surface area (Å²) in [7, 11) is 3.76. The van der Waals surface area contributed by atoms with Gasteiger partial charge in [0.15, 0.2) is 0 Å². The molecular weight excluding hydrogens is 214 g/mol. The van der Waals surface area contributed by atoms with Crippen molar-refractivity contribution in [3.8, 4) is 0 Å². The summed E-state index contributed by atoms with van der Waals surface area (Å²) in [6.07, 6.45) is 6.14. The van der Waals surface area contributed by atoms with Crippen molar-refractivity contribution >= 4 is 0 Å². The fourth-order valence-electron chi connectivity index (χ4n) is 1.96. The normalized spacial score (nSPS) is 14.8. The molecule has 1 heterocycles. The van der Waals surface area contributed by atoms with Crippen LogP contribution in [0.15, 0.2) is 12.5 Å². The predicted molar refractivity (Wildman–Crippen MR) is 69.9 cm³/mol. The molecule has 2 atom stereocenters. The van der Waals surface area contributed by atoms with E-state index in [4.69, 9.17) is 4.74 Å². The zero-order valence-corrected chi connectivity index (χ0v) is 11.4. The lowest BCUT2D eigenvalue weighted by Crippen LogP contribution is -2.28. The first-order valence-electron chi connectivity index (χ1n) is 6.39. The third-order valence-electron chi connectivity index (χ3n) is 3.00. The Morgan fingerprint density at radius 2 is 2.29 bits per heavy atom. The molecule has 1 rings (SSSR count). The highest BCUT2D eigenvalue weighted by Crippen LogP contribution is 2.23. The third-order valence-corrected chi connectivity index (χ3v) is 3.00. The van der Waals surface area contributed by atoms with Gasteiger partial charge in [0.05, 0.1) is 18.1 Å². The smallest absolute Gasteiger partial charge is 0.0947 e. The molecule has 0 saturated heterocycles. The Balaban J connectivity index is 2.65. The van der Waals surface area contributed by atoms with Crippen molar-refractivity contribution in [1.29, 1.82) is 0 Å². The summed E-state index contributed by atoms with van der Waals surface area (Å²) in [5.41, 5.74) is 1.13. The highest BCUT2D eigenvalue weighted by Gasteiger charge is 2.20. The molecule has 0 aliphatic rings. The first kappa shape index (κ1) is 14.2. The average Bonchev–Trinajstić information content (AvgIpc) is 2.73. The first-order valence-corrected chi connectivity index (χ1v) is 6.39. The van der Waals surface area contributed by atoms with Gasteiger partial charge in [0.1, 0.15) is 0 Å². The minimum absolute atomic E-state index is 0.325. The molecule has 2 unspecified atom stereocenters. The Bertz CT molecular complexity index is 311. The highest BCUT2D eigenvalue weighted by molar-refractivity contribution is 5.05. The molecule has 1 aromatic heterocycles.